The second-order valence-corrected chi connectivity index (χ2v) is 4.90. The summed E-state index contributed by atoms with van der Waals surface area (Å²) in [6, 6.07) is 8.72. The quantitative estimate of drug-likeness (QED) is 0.857. The van der Waals surface area contributed by atoms with Gasteiger partial charge >= 0.3 is 0 Å². The number of nitrogens with zero attached hydrogens (tertiary/aromatic N) is 1. The summed E-state index contributed by atoms with van der Waals surface area (Å²) in [4.78, 5) is 2.54. The number of ether oxygens (including phenoxy) is 1. The number of para-hydroxylation sites is 1. The molecule has 0 aromatic heterocycles. The van der Waals surface area contributed by atoms with Gasteiger partial charge in [0.15, 0.2) is 0 Å². The topological polar surface area (TPSA) is 24.5 Å². The molecule has 0 spiro atoms. The molecule has 2 aliphatic heterocycles. The van der Waals surface area contributed by atoms with E-state index in [0.29, 0.717) is 6.04 Å². The molecule has 1 fully saturated rings. The van der Waals surface area contributed by atoms with E-state index < -0.39 is 0 Å². The molecule has 1 N–H and O–H groups in total. The standard InChI is InChI=1S/C14H20N2O/c1-2-6-14-12(5-1)13(11-17-14)15-7-10-16-8-3-4-9-16/h1-2,5-6,13,15H,3-4,7-11H2. The molecule has 1 atom stereocenters. The minimum absolute atomic E-state index is 0.383. The van der Waals surface area contributed by atoms with Crippen LogP contribution >= 0.6 is 0 Å². The lowest BCUT2D eigenvalue weighted by Gasteiger charge is -2.17. The largest absolute Gasteiger partial charge is 0.491 e. The number of hydrogen-bond acceptors (Lipinski definition) is 3. The smallest absolute Gasteiger partial charge is 0.124 e. The zero-order valence-electron chi connectivity index (χ0n) is 10.2. The van der Waals surface area contributed by atoms with Crippen LogP contribution in [0.3, 0.4) is 0 Å². The summed E-state index contributed by atoms with van der Waals surface area (Å²) < 4.78 is 5.66. The number of hydrogen-bond donors (Lipinski definition) is 1. The zero-order valence-corrected chi connectivity index (χ0v) is 10.2. The molecular formula is C14H20N2O. The highest BCUT2D eigenvalue weighted by Crippen LogP contribution is 2.31. The van der Waals surface area contributed by atoms with Crippen molar-refractivity contribution in [2.75, 3.05) is 32.8 Å². The van der Waals surface area contributed by atoms with Crippen LogP contribution < -0.4 is 10.1 Å². The van der Waals surface area contributed by atoms with Gasteiger partial charge in [0.1, 0.15) is 12.4 Å². The average Bonchev–Trinajstić information content (AvgIpc) is 2.99. The molecule has 0 bridgehead atoms. The van der Waals surface area contributed by atoms with Gasteiger partial charge in [-0.05, 0) is 32.0 Å². The Bertz CT molecular complexity index is 374. The van der Waals surface area contributed by atoms with Crippen LogP contribution in [0, 0.1) is 0 Å². The van der Waals surface area contributed by atoms with Gasteiger partial charge in [-0.1, -0.05) is 18.2 Å². The highest BCUT2D eigenvalue weighted by atomic mass is 16.5. The Kier molecular flexibility index (Phi) is 3.29. The lowest BCUT2D eigenvalue weighted by molar-refractivity contribution is 0.291. The van der Waals surface area contributed by atoms with Gasteiger partial charge < -0.3 is 15.0 Å². The lowest BCUT2D eigenvalue weighted by Crippen LogP contribution is -2.32. The van der Waals surface area contributed by atoms with Gasteiger partial charge in [-0.3, -0.25) is 0 Å². The van der Waals surface area contributed by atoms with Crippen molar-refractivity contribution in [1.29, 1.82) is 0 Å². The summed E-state index contributed by atoms with van der Waals surface area (Å²) in [7, 11) is 0. The van der Waals surface area contributed by atoms with E-state index in [2.05, 4.69) is 28.4 Å². The Morgan fingerprint density at radius 1 is 1.24 bits per heavy atom. The number of nitrogens with one attached hydrogen (secondary N) is 1. The fourth-order valence-corrected chi connectivity index (χ4v) is 2.73. The molecule has 0 saturated carbocycles. The first-order valence-corrected chi connectivity index (χ1v) is 6.61. The van der Waals surface area contributed by atoms with E-state index in [1.54, 1.807) is 0 Å². The molecule has 2 heterocycles. The maximum Gasteiger partial charge on any atom is 0.124 e. The van der Waals surface area contributed by atoms with Crippen LogP contribution in [0.4, 0.5) is 0 Å². The molecule has 3 heteroatoms. The molecule has 3 nitrogen and oxygen atoms in total. The molecule has 3 rings (SSSR count). The molecule has 1 unspecified atom stereocenters. The molecule has 1 saturated heterocycles. The fraction of sp³-hybridized carbons (Fsp3) is 0.571. The first-order chi connectivity index (χ1) is 8.43. The molecule has 17 heavy (non-hydrogen) atoms. The Balaban J connectivity index is 1.50. The molecule has 0 radical (unpaired) electrons. The van der Waals surface area contributed by atoms with Gasteiger partial charge in [-0.25, -0.2) is 0 Å². The van der Waals surface area contributed by atoms with Gasteiger partial charge in [0, 0.05) is 18.7 Å². The van der Waals surface area contributed by atoms with Crippen molar-refractivity contribution in [1.82, 2.24) is 10.2 Å². The Morgan fingerprint density at radius 2 is 2.06 bits per heavy atom. The first kappa shape index (κ1) is 11.1. The predicted molar refractivity (Wildman–Crippen MR) is 68.4 cm³/mol. The third-order valence-electron chi connectivity index (χ3n) is 3.72. The van der Waals surface area contributed by atoms with Gasteiger partial charge in [0.05, 0.1) is 6.04 Å². The van der Waals surface area contributed by atoms with Gasteiger partial charge in [0.25, 0.3) is 0 Å². The number of likely N-dealkylation sites (tertiary alicyclic amines) is 1. The zero-order chi connectivity index (χ0) is 11.5. The van der Waals surface area contributed by atoms with Crippen molar-refractivity contribution < 1.29 is 4.74 Å². The van der Waals surface area contributed by atoms with Crippen LogP contribution in [0.1, 0.15) is 24.4 Å². The van der Waals surface area contributed by atoms with Crippen LogP contribution in [0.25, 0.3) is 0 Å². The average molecular weight is 232 g/mol. The monoisotopic (exact) mass is 232 g/mol. The maximum atomic E-state index is 5.66. The number of rotatable bonds is 4. The van der Waals surface area contributed by atoms with Crippen LogP contribution in [0.2, 0.25) is 0 Å². The third kappa shape index (κ3) is 2.45. The summed E-state index contributed by atoms with van der Waals surface area (Å²) in [5, 5.41) is 3.60. The van der Waals surface area contributed by atoms with Crippen LogP contribution in [0.15, 0.2) is 24.3 Å². The maximum absolute atomic E-state index is 5.66. The van der Waals surface area contributed by atoms with Crippen molar-refractivity contribution in [2.45, 2.75) is 18.9 Å². The first-order valence-electron chi connectivity index (χ1n) is 6.61. The van der Waals surface area contributed by atoms with Crippen molar-refractivity contribution >= 4 is 0 Å². The highest BCUT2D eigenvalue weighted by Gasteiger charge is 2.22. The minimum Gasteiger partial charge on any atom is -0.491 e. The summed E-state index contributed by atoms with van der Waals surface area (Å²) in [6.07, 6.45) is 2.74. The predicted octanol–water partition coefficient (Wildman–Crippen LogP) is 1.81. The van der Waals surface area contributed by atoms with E-state index in [-0.39, 0.29) is 0 Å². The van der Waals surface area contributed by atoms with E-state index in [4.69, 9.17) is 4.74 Å². The van der Waals surface area contributed by atoms with E-state index in [1.807, 2.05) is 6.07 Å². The second kappa shape index (κ2) is 5.07. The number of benzene rings is 1. The van der Waals surface area contributed by atoms with Gasteiger partial charge in [-0.2, -0.15) is 0 Å². The molecule has 92 valence electrons. The van der Waals surface area contributed by atoms with Gasteiger partial charge in [0.2, 0.25) is 0 Å². The molecular weight excluding hydrogens is 212 g/mol. The number of fused-ring (bicyclic) bond motifs is 1. The van der Waals surface area contributed by atoms with E-state index in [9.17, 15) is 0 Å². The Labute approximate surface area is 103 Å². The van der Waals surface area contributed by atoms with E-state index >= 15 is 0 Å². The SMILES string of the molecule is c1ccc2c(c1)OCC2NCCN1CCCC1. The lowest BCUT2D eigenvalue weighted by atomic mass is 10.1. The molecule has 0 aliphatic carbocycles. The third-order valence-corrected chi connectivity index (χ3v) is 3.72. The Hall–Kier alpha value is -1.06. The molecule has 1 aromatic rings. The molecule has 2 aliphatic rings. The fourth-order valence-electron chi connectivity index (χ4n) is 2.73. The molecule has 0 amide bonds. The molecule has 1 aromatic carbocycles. The summed E-state index contributed by atoms with van der Waals surface area (Å²) in [5.74, 6) is 1.05. The Morgan fingerprint density at radius 3 is 2.94 bits per heavy atom. The minimum atomic E-state index is 0.383. The highest BCUT2D eigenvalue weighted by molar-refractivity contribution is 5.39. The van der Waals surface area contributed by atoms with Crippen molar-refractivity contribution in [3.05, 3.63) is 29.8 Å². The summed E-state index contributed by atoms with van der Waals surface area (Å²) in [5.41, 5.74) is 1.31. The van der Waals surface area contributed by atoms with Crippen molar-refractivity contribution in [3.63, 3.8) is 0 Å². The van der Waals surface area contributed by atoms with Crippen LogP contribution in [-0.2, 0) is 0 Å². The second-order valence-electron chi connectivity index (χ2n) is 4.90. The van der Waals surface area contributed by atoms with E-state index in [1.165, 1.54) is 38.0 Å². The summed E-state index contributed by atoms with van der Waals surface area (Å²) >= 11 is 0. The van der Waals surface area contributed by atoms with Crippen LogP contribution in [-0.4, -0.2) is 37.7 Å². The van der Waals surface area contributed by atoms with E-state index in [0.717, 1.165) is 18.9 Å². The summed E-state index contributed by atoms with van der Waals surface area (Å²) in [6.45, 7) is 5.55. The van der Waals surface area contributed by atoms with Crippen LogP contribution in [0.5, 0.6) is 5.75 Å². The van der Waals surface area contributed by atoms with Crippen molar-refractivity contribution in [2.24, 2.45) is 0 Å². The normalized spacial score (nSPS) is 23.6. The van der Waals surface area contributed by atoms with Crippen molar-refractivity contribution in [3.8, 4) is 5.75 Å². The van der Waals surface area contributed by atoms with Gasteiger partial charge in [-0.15, -0.1) is 0 Å².